The van der Waals surface area contributed by atoms with E-state index in [-0.39, 0.29) is 5.91 Å². The molecule has 0 bridgehead atoms. The van der Waals surface area contributed by atoms with Crippen molar-refractivity contribution in [1.82, 2.24) is 15.0 Å². The Hall–Kier alpha value is -2.34. The first-order valence-corrected chi connectivity index (χ1v) is 7.85. The summed E-state index contributed by atoms with van der Waals surface area (Å²) in [6.07, 6.45) is 0. The van der Waals surface area contributed by atoms with Gasteiger partial charge in [-0.15, -0.1) is 0 Å². The first-order chi connectivity index (χ1) is 11.2. The van der Waals surface area contributed by atoms with Gasteiger partial charge < -0.3 is 14.2 Å². The first-order valence-electron chi connectivity index (χ1n) is 7.85. The molecule has 0 saturated carbocycles. The molecule has 1 fully saturated rings. The summed E-state index contributed by atoms with van der Waals surface area (Å²) in [6, 6.07) is 11.5. The molecular weight excluding hydrogens is 294 g/mol. The predicted molar refractivity (Wildman–Crippen MR) is 85.5 cm³/mol. The number of hydrogen-bond donors (Lipinski definition) is 0. The molecule has 1 aromatic carbocycles. The molecule has 122 valence electrons. The SMILES string of the molecule is Cc1cc(C(=O)N2CCN(CCOc3ccccc3)CC2)no1. The molecule has 1 aliphatic rings. The van der Waals surface area contributed by atoms with Gasteiger partial charge in [0.05, 0.1) is 0 Å². The lowest BCUT2D eigenvalue weighted by Crippen LogP contribution is -2.49. The summed E-state index contributed by atoms with van der Waals surface area (Å²) < 4.78 is 10.7. The van der Waals surface area contributed by atoms with E-state index in [9.17, 15) is 4.79 Å². The van der Waals surface area contributed by atoms with Gasteiger partial charge in [-0.05, 0) is 19.1 Å². The van der Waals surface area contributed by atoms with Gasteiger partial charge in [0, 0.05) is 38.8 Å². The number of aromatic nitrogens is 1. The number of carbonyl (C=O) groups excluding carboxylic acids is 1. The van der Waals surface area contributed by atoms with Crippen LogP contribution in [0.3, 0.4) is 0 Å². The fourth-order valence-corrected chi connectivity index (χ4v) is 2.61. The van der Waals surface area contributed by atoms with E-state index in [1.54, 1.807) is 13.0 Å². The highest BCUT2D eigenvalue weighted by molar-refractivity contribution is 5.92. The van der Waals surface area contributed by atoms with Crippen molar-refractivity contribution in [1.29, 1.82) is 0 Å². The van der Waals surface area contributed by atoms with Crippen LogP contribution in [-0.4, -0.2) is 60.2 Å². The van der Waals surface area contributed by atoms with Gasteiger partial charge in [0.2, 0.25) is 0 Å². The van der Waals surface area contributed by atoms with Crippen molar-refractivity contribution in [3.63, 3.8) is 0 Å². The van der Waals surface area contributed by atoms with Crippen molar-refractivity contribution >= 4 is 5.91 Å². The maximum absolute atomic E-state index is 12.3. The molecule has 0 atom stereocenters. The van der Waals surface area contributed by atoms with Gasteiger partial charge in [-0.3, -0.25) is 9.69 Å². The monoisotopic (exact) mass is 315 g/mol. The van der Waals surface area contributed by atoms with Gasteiger partial charge in [-0.2, -0.15) is 0 Å². The minimum Gasteiger partial charge on any atom is -0.492 e. The molecule has 1 aromatic heterocycles. The fourth-order valence-electron chi connectivity index (χ4n) is 2.61. The Morgan fingerprint density at radius 3 is 2.61 bits per heavy atom. The van der Waals surface area contributed by atoms with Crippen LogP contribution < -0.4 is 4.74 Å². The maximum atomic E-state index is 12.3. The van der Waals surface area contributed by atoms with Gasteiger partial charge in [0.25, 0.3) is 5.91 Å². The van der Waals surface area contributed by atoms with Gasteiger partial charge in [-0.25, -0.2) is 0 Å². The van der Waals surface area contributed by atoms with E-state index in [0.29, 0.717) is 31.2 Å². The van der Waals surface area contributed by atoms with E-state index < -0.39 is 0 Å². The molecular formula is C17H21N3O3. The first kappa shape index (κ1) is 15.6. The number of nitrogens with zero attached hydrogens (tertiary/aromatic N) is 3. The number of piperazine rings is 1. The summed E-state index contributed by atoms with van der Waals surface area (Å²) >= 11 is 0. The predicted octanol–water partition coefficient (Wildman–Crippen LogP) is 1.82. The largest absolute Gasteiger partial charge is 0.492 e. The summed E-state index contributed by atoms with van der Waals surface area (Å²) in [7, 11) is 0. The highest BCUT2D eigenvalue weighted by atomic mass is 16.5. The number of ether oxygens (including phenoxy) is 1. The number of benzene rings is 1. The second-order valence-electron chi connectivity index (χ2n) is 5.62. The average molecular weight is 315 g/mol. The molecule has 0 radical (unpaired) electrons. The molecule has 6 nitrogen and oxygen atoms in total. The molecule has 1 amide bonds. The van der Waals surface area contributed by atoms with Crippen molar-refractivity contribution < 1.29 is 14.1 Å². The standard InChI is InChI=1S/C17H21N3O3/c1-14-13-16(18-23-14)17(21)20-9-7-19(8-10-20)11-12-22-15-5-3-2-4-6-15/h2-6,13H,7-12H2,1H3. The Morgan fingerprint density at radius 1 is 1.22 bits per heavy atom. The summed E-state index contributed by atoms with van der Waals surface area (Å²) in [5.41, 5.74) is 0.392. The molecule has 0 spiro atoms. The van der Waals surface area contributed by atoms with E-state index in [1.807, 2.05) is 35.2 Å². The van der Waals surface area contributed by atoms with E-state index in [2.05, 4.69) is 10.1 Å². The average Bonchev–Trinajstić information content (AvgIpc) is 3.02. The van der Waals surface area contributed by atoms with E-state index >= 15 is 0 Å². The number of carbonyl (C=O) groups is 1. The van der Waals surface area contributed by atoms with E-state index in [4.69, 9.17) is 9.26 Å². The van der Waals surface area contributed by atoms with Crippen LogP contribution in [0.5, 0.6) is 5.75 Å². The van der Waals surface area contributed by atoms with Crippen LogP contribution in [0.15, 0.2) is 40.9 Å². The van der Waals surface area contributed by atoms with Crippen molar-refractivity contribution in [2.75, 3.05) is 39.3 Å². The summed E-state index contributed by atoms with van der Waals surface area (Å²) in [6.45, 7) is 6.41. The number of rotatable bonds is 5. The van der Waals surface area contributed by atoms with Crippen molar-refractivity contribution in [3.8, 4) is 5.75 Å². The van der Waals surface area contributed by atoms with Crippen molar-refractivity contribution in [2.24, 2.45) is 0 Å². The van der Waals surface area contributed by atoms with Gasteiger partial charge in [0.15, 0.2) is 5.69 Å². The highest BCUT2D eigenvalue weighted by Gasteiger charge is 2.24. The number of amides is 1. The maximum Gasteiger partial charge on any atom is 0.276 e. The van der Waals surface area contributed by atoms with Gasteiger partial charge in [0.1, 0.15) is 18.1 Å². The van der Waals surface area contributed by atoms with Crippen LogP contribution in [0, 0.1) is 6.92 Å². The van der Waals surface area contributed by atoms with Crippen LogP contribution in [0.1, 0.15) is 16.2 Å². The summed E-state index contributed by atoms with van der Waals surface area (Å²) in [5, 5.41) is 3.79. The molecule has 1 saturated heterocycles. The molecule has 0 N–H and O–H groups in total. The Morgan fingerprint density at radius 2 is 1.96 bits per heavy atom. The molecule has 6 heteroatoms. The molecule has 1 aliphatic heterocycles. The Labute approximate surface area is 135 Å². The summed E-state index contributed by atoms with van der Waals surface area (Å²) in [4.78, 5) is 16.4. The Kier molecular flexibility index (Phi) is 4.92. The molecule has 2 aromatic rings. The van der Waals surface area contributed by atoms with Crippen LogP contribution >= 0.6 is 0 Å². The normalized spacial score (nSPS) is 15.6. The molecule has 2 heterocycles. The van der Waals surface area contributed by atoms with Crippen molar-refractivity contribution in [2.45, 2.75) is 6.92 Å². The zero-order valence-electron chi connectivity index (χ0n) is 13.3. The lowest BCUT2D eigenvalue weighted by atomic mass is 10.2. The van der Waals surface area contributed by atoms with Gasteiger partial charge in [-0.1, -0.05) is 23.4 Å². The fraction of sp³-hybridized carbons (Fsp3) is 0.412. The number of aryl methyl sites for hydroxylation is 1. The third-order valence-electron chi connectivity index (χ3n) is 3.93. The van der Waals surface area contributed by atoms with Crippen LogP contribution in [-0.2, 0) is 0 Å². The smallest absolute Gasteiger partial charge is 0.276 e. The lowest BCUT2D eigenvalue weighted by Gasteiger charge is -2.34. The zero-order valence-corrected chi connectivity index (χ0v) is 13.3. The second-order valence-corrected chi connectivity index (χ2v) is 5.62. The van der Waals surface area contributed by atoms with E-state index in [1.165, 1.54) is 0 Å². The van der Waals surface area contributed by atoms with Crippen molar-refractivity contribution in [3.05, 3.63) is 47.9 Å². The molecule has 0 aliphatic carbocycles. The minimum absolute atomic E-state index is 0.0537. The molecule has 3 rings (SSSR count). The van der Waals surface area contributed by atoms with E-state index in [0.717, 1.165) is 25.4 Å². The molecule has 0 unspecified atom stereocenters. The van der Waals surface area contributed by atoms with Crippen LogP contribution in [0.2, 0.25) is 0 Å². The highest BCUT2D eigenvalue weighted by Crippen LogP contribution is 2.10. The third-order valence-corrected chi connectivity index (χ3v) is 3.93. The van der Waals surface area contributed by atoms with Crippen LogP contribution in [0.4, 0.5) is 0 Å². The number of para-hydroxylation sites is 1. The third kappa shape index (κ3) is 4.10. The minimum atomic E-state index is -0.0537. The second kappa shape index (κ2) is 7.28. The van der Waals surface area contributed by atoms with Gasteiger partial charge >= 0.3 is 0 Å². The molecule has 23 heavy (non-hydrogen) atoms. The lowest BCUT2D eigenvalue weighted by molar-refractivity contribution is 0.0610. The number of hydrogen-bond acceptors (Lipinski definition) is 5. The Balaban J connectivity index is 1.41. The quantitative estimate of drug-likeness (QED) is 0.842. The zero-order chi connectivity index (χ0) is 16.1. The summed E-state index contributed by atoms with van der Waals surface area (Å²) in [5.74, 6) is 1.50. The Bertz CT molecular complexity index is 634. The topological polar surface area (TPSA) is 58.8 Å². The van der Waals surface area contributed by atoms with Crippen LogP contribution in [0.25, 0.3) is 0 Å².